The predicted octanol–water partition coefficient (Wildman–Crippen LogP) is 0.603. The molecule has 0 aromatic rings. The summed E-state index contributed by atoms with van der Waals surface area (Å²) in [5.74, 6) is 0. The lowest BCUT2D eigenvalue weighted by molar-refractivity contribution is 0.104. The molecule has 0 aromatic carbocycles. The molecule has 3 heteroatoms. The van der Waals surface area contributed by atoms with Crippen molar-refractivity contribution < 1.29 is 0 Å². The van der Waals surface area contributed by atoms with E-state index in [0.29, 0.717) is 0 Å². The Hall–Kier alpha value is -0.120. The van der Waals surface area contributed by atoms with Gasteiger partial charge < -0.3 is 5.32 Å². The van der Waals surface area contributed by atoms with E-state index in [-0.39, 0.29) is 0 Å². The van der Waals surface area contributed by atoms with Crippen molar-refractivity contribution in [3.05, 3.63) is 0 Å². The van der Waals surface area contributed by atoms with Gasteiger partial charge in [-0.3, -0.25) is 4.90 Å². The lowest BCUT2D eigenvalue weighted by Crippen LogP contribution is -2.62. The zero-order valence-corrected chi connectivity index (χ0v) is 10.2. The molecular weight excluding hydrogens is 186 g/mol. The molecule has 1 radical (unpaired) electrons. The van der Waals surface area contributed by atoms with Gasteiger partial charge in [-0.25, -0.2) is 0 Å². The maximum atomic E-state index is 3.54. The monoisotopic (exact) mass is 211 g/mol. The van der Waals surface area contributed by atoms with Crippen LogP contribution in [0, 0.1) is 0 Å². The zero-order valence-electron chi connectivity index (χ0n) is 10.2. The summed E-state index contributed by atoms with van der Waals surface area (Å²) < 4.78 is 0. The molecule has 0 spiro atoms. The summed E-state index contributed by atoms with van der Waals surface area (Å²) in [5.41, 5.74) is 0. The quantitative estimate of drug-likeness (QED) is 0.676. The zero-order chi connectivity index (χ0) is 10.7. The van der Waals surface area contributed by atoms with Gasteiger partial charge in [0.25, 0.3) is 0 Å². The lowest BCUT2D eigenvalue weighted by Gasteiger charge is -2.39. The van der Waals surface area contributed by atoms with Gasteiger partial charge in [0.15, 0.2) is 0 Å². The second-order valence-electron chi connectivity index (χ2n) is 4.94. The van der Waals surface area contributed by atoms with Crippen molar-refractivity contribution in [3.63, 3.8) is 0 Å². The number of hydrogen-bond donors (Lipinski definition) is 1. The summed E-state index contributed by atoms with van der Waals surface area (Å²) in [6.45, 7) is 8.37. The Kier molecular flexibility index (Phi) is 4.00. The van der Waals surface area contributed by atoms with E-state index < -0.39 is 0 Å². The van der Waals surface area contributed by atoms with Crippen LogP contribution in [-0.2, 0) is 0 Å². The maximum Gasteiger partial charge on any atom is 0.149 e. The number of rotatable bonds is 2. The van der Waals surface area contributed by atoms with Gasteiger partial charge in [0.05, 0.1) is 6.04 Å². The van der Waals surface area contributed by atoms with E-state index in [1.54, 1.807) is 0 Å². The Labute approximate surface area is 93.8 Å². The van der Waals surface area contributed by atoms with Crippen LogP contribution in [0.2, 0.25) is 0 Å². The van der Waals surface area contributed by atoms with Crippen molar-refractivity contribution >= 4 is 0 Å². The van der Waals surface area contributed by atoms with Crippen molar-refractivity contribution in [1.29, 1.82) is 0 Å². The lowest BCUT2D eigenvalue weighted by atomic mass is 9.93. The molecule has 2 atom stereocenters. The Balaban J connectivity index is 1.99. The van der Waals surface area contributed by atoms with Crippen LogP contribution in [0.25, 0.3) is 0 Å². The first-order valence-corrected chi connectivity index (χ1v) is 6.48. The summed E-state index contributed by atoms with van der Waals surface area (Å²) in [6, 6.07) is 1.53. The van der Waals surface area contributed by atoms with E-state index in [1.165, 1.54) is 45.4 Å². The Bertz CT molecular complexity index is 195. The fourth-order valence-electron chi connectivity index (χ4n) is 3.10. The highest BCUT2D eigenvalue weighted by Crippen LogP contribution is 2.20. The second-order valence-corrected chi connectivity index (χ2v) is 4.94. The summed E-state index contributed by atoms with van der Waals surface area (Å²) in [6.07, 6.45) is 4.21. The maximum absolute atomic E-state index is 3.54. The van der Waals surface area contributed by atoms with Gasteiger partial charge in [-0.1, -0.05) is 0 Å². The van der Waals surface area contributed by atoms with Gasteiger partial charge in [-0.05, 0) is 20.4 Å². The molecule has 2 aliphatic rings. The first kappa shape index (κ1) is 11.4. The molecule has 1 N–H and O–H groups in total. The molecule has 3 nitrogen and oxygen atoms in total. The first-order valence-electron chi connectivity index (χ1n) is 6.48. The minimum atomic E-state index is 0.735. The van der Waals surface area contributed by atoms with Crippen LogP contribution < -0.4 is 10.2 Å². The molecule has 2 aliphatic heterocycles. The summed E-state index contributed by atoms with van der Waals surface area (Å²) in [5, 5.41) is 3.54. The number of hydrogen-bond acceptors (Lipinski definition) is 3. The Morgan fingerprint density at radius 2 is 2.27 bits per heavy atom. The van der Waals surface area contributed by atoms with Crippen LogP contribution in [0.3, 0.4) is 0 Å². The summed E-state index contributed by atoms with van der Waals surface area (Å²) in [7, 11) is 2.29. The van der Waals surface area contributed by atoms with Crippen molar-refractivity contribution in [1.82, 2.24) is 15.1 Å². The largest absolute Gasteiger partial charge is 0.314 e. The van der Waals surface area contributed by atoms with E-state index in [0.717, 1.165) is 18.6 Å². The summed E-state index contributed by atoms with van der Waals surface area (Å²) >= 11 is 0. The molecular formula is C12H25N3+. The van der Waals surface area contributed by atoms with E-state index >= 15 is 0 Å². The number of likely N-dealkylation sites (N-methyl/N-ethyl adjacent to an activating group) is 2. The van der Waals surface area contributed by atoms with Crippen LogP contribution >= 0.6 is 0 Å². The van der Waals surface area contributed by atoms with Crippen LogP contribution in [0.5, 0.6) is 0 Å². The minimum absolute atomic E-state index is 0.735. The van der Waals surface area contributed by atoms with Gasteiger partial charge >= 0.3 is 0 Å². The van der Waals surface area contributed by atoms with Crippen LogP contribution in [-0.4, -0.2) is 56.8 Å². The Morgan fingerprint density at radius 1 is 1.40 bits per heavy atom. The van der Waals surface area contributed by atoms with Crippen LogP contribution in [0.15, 0.2) is 0 Å². The van der Waals surface area contributed by atoms with Crippen molar-refractivity contribution in [2.45, 2.75) is 38.3 Å². The molecule has 15 heavy (non-hydrogen) atoms. The number of nitrogens with one attached hydrogen (secondary N) is 1. The fraction of sp³-hybridized carbons (Fsp3) is 1.00. The highest BCUT2D eigenvalue weighted by molar-refractivity contribution is 4.93. The molecule has 2 fully saturated rings. The molecule has 0 amide bonds. The molecule has 0 saturated carbocycles. The third kappa shape index (κ3) is 2.52. The SMILES string of the molecule is CC[N+]1CCCCC1C1CNCCN1C. The van der Waals surface area contributed by atoms with Gasteiger partial charge in [-0.15, -0.1) is 0 Å². The van der Waals surface area contributed by atoms with Crippen molar-refractivity contribution in [2.24, 2.45) is 0 Å². The number of nitrogens with zero attached hydrogens (tertiary/aromatic N) is 2. The molecule has 2 rings (SSSR count). The van der Waals surface area contributed by atoms with Gasteiger partial charge in [0, 0.05) is 32.5 Å². The van der Waals surface area contributed by atoms with Gasteiger partial charge in [-0.2, -0.15) is 4.90 Å². The molecule has 87 valence electrons. The number of piperazine rings is 1. The molecule has 2 saturated heterocycles. The average molecular weight is 211 g/mol. The molecule has 2 unspecified atom stereocenters. The Morgan fingerprint density at radius 3 is 3.00 bits per heavy atom. The summed E-state index contributed by atoms with van der Waals surface area (Å²) in [4.78, 5) is 5.23. The van der Waals surface area contributed by atoms with Crippen molar-refractivity contribution in [2.75, 3.05) is 39.8 Å². The van der Waals surface area contributed by atoms with Crippen LogP contribution in [0.1, 0.15) is 26.2 Å². The van der Waals surface area contributed by atoms with E-state index in [4.69, 9.17) is 0 Å². The van der Waals surface area contributed by atoms with E-state index in [9.17, 15) is 0 Å². The third-order valence-corrected chi connectivity index (χ3v) is 4.08. The van der Waals surface area contributed by atoms with E-state index in [1.807, 2.05) is 0 Å². The molecule has 0 aliphatic carbocycles. The normalized spacial score (nSPS) is 35.6. The first-order chi connectivity index (χ1) is 7.33. The molecule has 0 bridgehead atoms. The van der Waals surface area contributed by atoms with Crippen LogP contribution in [0.4, 0.5) is 0 Å². The van der Waals surface area contributed by atoms with Crippen molar-refractivity contribution in [3.8, 4) is 0 Å². The van der Waals surface area contributed by atoms with E-state index in [2.05, 4.69) is 29.1 Å². The topological polar surface area (TPSA) is 21.2 Å². The molecule has 2 heterocycles. The average Bonchev–Trinajstić information content (AvgIpc) is 2.30. The minimum Gasteiger partial charge on any atom is -0.314 e. The fourth-order valence-corrected chi connectivity index (χ4v) is 3.10. The van der Waals surface area contributed by atoms with Gasteiger partial charge in [0.2, 0.25) is 0 Å². The highest BCUT2D eigenvalue weighted by Gasteiger charge is 2.39. The standard InChI is InChI=1S/C12H25N3/c1-3-15-8-5-4-6-11(15)12-10-13-7-9-14(12)2/h11-13H,3-10H2,1-2H3/q+1. The number of piperidine rings is 1. The third-order valence-electron chi connectivity index (χ3n) is 4.08. The van der Waals surface area contributed by atoms with Gasteiger partial charge in [0.1, 0.15) is 19.1 Å². The second kappa shape index (κ2) is 5.28. The molecule has 0 aromatic heterocycles. The predicted molar refractivity (Wildman–Crippen MR) is 64.5 cm³/mol. The number of likely N-dealkylation sites (tertiary alicyclic amines) is 1. The highest BCUT2D eigenvalue weighted by atomic mass is 15.3. The smallest absolute Gasteiger partial charge is 0.149 e.